The van der Waals surface area contributed by atoms with Crippen LogP contribution in [0.25, 0.3) is 0 Å². The van der Waals surface area contributed by atoms with E-state index >= 15 is 0 Å². The van der Waals surface area contributed by atoms with Gasteiger partial charge in [-0.15, -0.1) is 0 Å². The number of anilines is 4. The van der Waals surface area contributed by atoms with Gasteiger partial charge in [-0.2, -0.15) is 0 Å². The first-order valence-electron chi connectivity index (χ1n) is 7.70. The van der Waals surface area contributed by atoms with Crippen molar-refractivity contribution in [2.75, 3.05) is 23.0 Å². The van der Waals surface area contributed by atoms with Crippen molar-refractivity contribution in [2.45, 2.75) is 0 Å². The van der Waals surface area contributed by atoms with Crippen molar-refractivity contribution < 1.29 is 9.90 Å². The lowest BCUT2D eigenvalue weighted by Gasteiger charge is -2.18. The topological polar surface area (TPSA) is 91.5 Å². The molecule has 0 radical (unpaired) electrons. The summed E-state index contributed by atoms with van der Waals surface area (Å²) < 4.78 is 0. The van der Waals surface area contributed by atoms with Crippen molar-refractivity contribution in [3.63, 3.8) is 0 Å². The van der Waals surface area contributed by atoms with E-state index in [-0.39, 0.29) is 17.5 Å². The molecule has 0 aliphatic carbocycles. The number of rotatable bonds is 4. The van der Waals surface area contributed by atoms with Crippen molar-refractivity contribution in [1.29, 1.82) is 0 Å². The summed E-state index contributed by atoms with van der Waals surface area (Å²) in [5.74, 6) is 0.471. The Kier molecular flexibility index (Phi) is 4.52. The Labute approximate surface area is 145 Å². The summed E-state index contributed by atoms with van der Waals surface area (Å²) in [6.45, 7) is 0. The van der Waals surface area contributed by atoms with Gasteiger partial charge in [0.05, 0.1) is 5.69 Å². The third-order valence-electron chi connectivity index (χ3n) is 3.71. The second kappa shape index (κ2) is 6.92. The average Bonchev–Trinajstić information content (AvgIpc) is 2.62. The summed E-state index contributed by atoms with van der Waals surface area (Å²) >= 11 is 0. The number of amides is 1. The predicted molar refractivity (Wildman–Crippen MR) is 99.2 cm³/mol. The molecule has 0 atom stereocenters. The van der Waals surface area contributed by atoms with E-state index in [4.69, 9.17) is 5.73 Å². The minimum atomic E-state index is -0.208. The largest absolute Gasteiger partial charge is 0.506 e. The van der Waals surface area contributed by atoms with Gasteiger partial charge in [-0.3, -0.25) is 4.79 Å². The third-order valence-corrected chi connectivity index (χ3v) is 3.71. The van der Waals surface area contributed by atoms with Gasteiger partial charge >= 0.3 is 0 Å². The zero-order valence-electron chi connectivity index (χ0n) is 13.7. The number of phenolic OH excluding ortho intramolecular Hbond substituents is 1. The highest BCUT2D eigenvalue weighted by molar-refractivity contribution is 6.06. The molecule has 25 heavy (non-hydrogen) atoms. The Morgan fingerprint density at radius 3 is 2.48 bits per heavy atom. The molecule has 3 aromatic rings. The van der Waals surface area contributed by atoms with E-state index in [9.17, 15) is 9.90 Å². The zero-order chi connectivity index (χ0) is 17.8. The van der Waals surface area contributed by atoms with Gasteiger partial charge in [-0.25, -0.2) is 4.98 Å². The van der Waals surface area contributed by atoms with E-state index in [1.54, 1.807) is 42.3 Å². The fraction of sp³-hybridized carbons (Fsp3) is 0.0526. The first-order chi connectivity index (χ1) is 12.0. The number of carbonyl (C=O) groups excluding carboxylic acids is 1. The molecule has 6 nitrogen and oxygen atoms in total. The van der Waals surface area contributed by atoms with Gasteiger partial charge < -0.3 is 21.1 Å². The van der Waals surface area contributed by atoms with Crippen molar-refractivity contribution in [2.24, 2.45) is 0 Å². The Bertz CT molecular complexity index is 897. The molecule has 1 aromatic heterocycles. The highest BCUT2D eigenvalue weighted by Crippen LogP contribution is 2.26. The van der Waals surface area contributed by atoms with Crippen molar-refractivity contribution in [3.8, 4) is 5.75 Å². The molecule has 0 spiro atoms. The lowest BCUT2D eigenvalue weighted by molar-refractivity contribution is 0.0993. The average molecular weight is 334 g/mol. The summed E-state index contributed by atoms with van der Waals surface area (Å²) in [6.07, 6.45) is 0. The molecule has 2 aromatic carbocycles. The van der Waals surface area contributed by atoms with Crippen LogP contribution in [0.5, 0.6) is 5.75 Å². The van der Waals surface area contributed by atoms with Gasteiger partial charge in [0.15, 0.2) is 0 Å². The number of carbonyl (C=O) groups is 1. The number of aromatic nitrogens is 1. The maximum atomic E-state index is 12.7. The lowest BCUT2D eigenvalue weighted by Crippen LogP contribution is -2.26. The van der Waals surface area contributed by atoms with Gasteiger partial charge in [0, 0.05) is 18.3 Å². The fourth-order valence-corrected chi connectivity index (χ4v) is 2.42. The molecule has 0 aliphatic heterocycles. The maximum absolute atomic E-state index is 12.7. The van der Waals surface area contributed by atoms with Crippen LogP contribution in [0, 0.1) is 0 Å². The summed E-state index contributed by atoms with van der Waals surface area (Å²) in [5.41, 5.74) is 7.50. The van der Waals surface area contributed by atoms with Crippen LogP contribution in [0.4, 0.5) is 23.0 Å². The second-order valence-corrected chi connectivity index (χ2v) is 5.51. The second-order valence-electron chi connectivity index (χ2n) is 5.51. The molecule has 4 N–H and O–H groups in total. The van der Waals surface area contributed by atoms with E-state index in [0.29, 0.717) is 17.1 Å². The summed E-state index contributed by atoms with van der Waals surface area (Å²) in [5, 5.41) is 12.8. The fourth-order valence-electron chi connectivity index (χ4n) is 2.42. The van der Waals surface area contributed by atoms with E-state index in [2.05, 4.69) is 10.3 Å². The molecule has 126 valence electrons. The highest BCUT2D eigenvalue weighted by atomic mass is 16.3. The summed E-state index contributed by atoms with van der Waals surface area (Å²) in [4.78, 5) is 18.4. The number of hydrogen-bond acceptors (Lipinski definition) is 5. The third kappa shape index (κ3) is 3.69. The van der Waals surface area contributed by atoms with Crippen LogP contribution in [-0.4, -0.2) is 23.0 Å². The number of hydrogen-bond donors (Lipinski definition) is 3. The number of pyridine rings is 1. The minimum Gasteiger partial charge on any atom is -0.506 e. The quantitative estimate of drug-likeness (QED) is 0.636. The van der Waals surface area contributed by atoms with Gasteiger partial charge in [0.25, 0.3) is 5.91 Å². The van der Waals surface area contributed by atoms with Crippen LogP contribution < -0.4 is 16.0 Å². The predicted octanol–water partition coefficient (Wildman–Crippen LogP) is 3.39. The number of benzene rings is 2. The molecule has 0 aliphatic rings. The van der Waals surface area contributed by atoms with Crippen LogP contribution in [-0.2, 0) is 0 Å². The first kappa shape index (κ1) is 16.3. The maximum Gasteiger partial charge on any atom is 0.258 e. The number of nitrogens with one attached hydrogen (secondary N) is 1. The number of nitrogen functional groups attached to an aromatic ring is 1. The van der Waals surface area contributed by atoms with Crippen LogP contribution in [0.15, 0.2) is 66.7 Å². The molecule has 0 saturated carbocycles. The molecular weight excluding hydrogens is 316 g/mol. The Balaban J connectivity index is 1.89. The lowest BCUT2D eigenvalue weighted by atomic mass is 10.2. The van der Waals surface area contributed by atoms with E-state index in [0.717, 1.165) is 5.69 Å². The van der Waals surface area contributed by atoms with Crippen LogP contribution >= 0.6 is 0 Å². The van der Waals surface area contributed by atoms with Gasteiger partial charge in [-0.1, -0.05) is 30.3 Å². The molecule has 0 unspecified atom stereocenters. The normalized spacial score (nSPS) is 10.3. The summed E-state index contributed by atoms with van der Waals surface area (Å²) in [6, 6.07) is 19.2. The zero-order valence-corrected chi connectivity index (χ0v) is 13.7. The number of para-hydroxylation sites is 3. The first-order valence-corrected chi connectivity index (χ1v) is 7.70. The Hall–Kier alpha value is -3.54. The molecule has 0 saturated heterocycles. The number of nitrogens with two attached hydrogens (primary N) is 1. The molecule has 0 fully saturated rings. The Morgan fingerprint density at radius 1 is 1.08 bits per heavy atom. The molecular formula is C19H18N4O2. The minimum absolute atomic E-state index is 0.0843. The van der Waals surface area contributed by atoms with E-state index in [1.807, 2.05) is 30.3 Å². The number of nitrogens with zero attached hydrogens (tertiary/aromatic N) is 2. The Morgan fingerprint density at radius 2 is 1.76 bits per heavy atom. The molecule has 0 bridgehead atoms. The number of aromatic hydroxyl groups is 1. The molecule has 1 heterocycles. The monoisotopic (exact) mass is 334 g/mol. The van der Waals surface area contributed by atoms with E-state index in [1.165, 1.54) is 6.07 Å². The van der Waals surface area contributed by atoms with Gasteiger partial charge in [-0.05, 0) is 36.4 Å². The van der Waals surface area contributed by atoms with Crippen molar-refractivity contribution in [3.05, 3.63) is 72.3 Å². The smallest absolute Gasteiger partial charge is 0.258 e. The van der Waals surface area contributed by atoms with Crippen LogP contribution in [0.2, 0.25) is 0 Å². The van der Waals surface area contributed by atoms with E-state index < -0.39 is 0 Å². The van der Waals surface area contributed by atoms with Crippen molar-refractivity contribution >= 4 is 28.9 Å². The number of phenols is 1. The van der Waals surface area contributed by atoms with Crippen LogP contribution in [0.3, 0.4) is 0 Å². The molecule has 1 amide bonds. The molecule has 3 rings (SSSR count). The van der Waals surface area contributed by atoms with Gasteiger partial charge in [0.2, 0.25) is 0 Å². The van der Waals surface area contributed by atoms with Crippen LogP contribution in [0.1, 0.15) is 10.4 Å². The summed E-state index contributed by atoms with van der Waals surface area (Å²) in [7, 11) is 1.70. The molecule has 6 heteroatoms. The highest BCUT2D eigenvalue weighted by Gasteiger charge is 2.15. The SMILES string of the molecule is CN(C(=O)c1cc(N)nc(Nc2ccccc2O)c1)c1ccccc1. The van der Waals surface area contributed by atoms with Crippen molar-refractivity contribution in [1.82, 2.24) is 4.98 Å². The standard InChI is InChI=1S/C19H18N4O2/c1-23(14-7-3-2-4-8-14)19(25)13-11-17(20)22-18(12-13)21-15-9-5-6-10-16(15)24/h2-12,24H,1H3,(H3,20,21,22). The van der Waals surface area contributed by atoms with Gasteiger partial charge in [0.1, 0.15) is 17.4 Å².